The largest absolute Gasteiger partial charge is 0.481 e. The summed E-state index contributed by atoms with van der Waals surface area (Å²) in [6.07, 6.45) is 4.84. The monoisotopic (exact) mass is 357 g/mol. The van der Waals surface area contributed by atoms with Gasteiger partial charge in [0.05, 0.1) is 18.5 Å². The van der Waals surface area contributed by atoms with Crippen LogP contribution in [0.4, 0.5) is 0 Å². The van der Waals surface area contributed by atoms with E-state index in [1.807, 2.05) is 25.3 Å². The van der Waals surface area contributed by atoms with Gasteiger partial charge in [-0.1, -0.05) is 0 Å². The van der Waals surface area contributed by atoms with Crippen LogP contribution in [-0.2, 0) is 9.53 Å². The molecular weight excluding hydrogens is 334 g/mol. The average molecular weight is 357 g/mol. The summed E-state index contributed by atoms with van der Waals surface area (Å²) in [7, 11) is 1.49. The number of methoxy groups -OCH3 is 1. The van der Waals surface area contributed by atoms with E-state index in [1.165, 1.54) is 7.11 Å². The first kappa shape index (κ1) is 18.1. The molecule has 0 radical (unpaired) electrons. The summed E-state index contributed by atoms with van der Waals surface area (Å²) >= 11 is 0. The average Bonchev–Trinajstić information content (AvgIpc) is 3.08. The fourth-order valence-corrected chi connectivity index (χ4v) is 3.43. The summed E-state index contributed by atoms with van der Waals surface area (Å²) in [6, 6.07) is 7.18. The summed E-state index contributed by atoms with van der Waals surface area (Å²) in [4.78, 5) is 26.2. The van der Waals surface area contributed by atoms with Crippen LogP contribution >= 0.6 is 0 Å². The van der Waals surface area contributed by atoms with Crippen LogP contribution in [0.25, 0.3) is 5.69 Å². The summed E-state index contributed by atoms with van der Waals surface area (Å²) < 4.78 is 6.87. The highest BCUT2D eigenvalue weighted by atomic mass is 16.5. The van der Waals surface area contributed by atoms with Gasteiger partial charge in [0.1, 0.15) is 5.41 Å². The van der Waals surface area contributed by atoms with Crippen LogP contribution < -0.4 is 0 Å². The first-order valence-corrected chi connectivity index (χ1v) is 8.58. The van der Waals surface area contributed by atoms with Crippen LogP contribution in [0.2, 0.25) is 0 Å². The molecular formula is C19H23N3O4. The second-order valence-electron chi connectivity index (χ2n) is 6.86. The minimum atomic E-state index is -1.03. The number of carbonyl (C=O) groups excluding carboxylic acids is 1. The number of carbonyl (C=O) groups is 2. The Balaban J connectivity index is 1.77. The molecule has 1 N–H and O–H groups in total. The fourth-order valence-electron chi connectivity index (χ4n) is 3.43. The van der Waals surface area contributed by atoms with E-state index in [1.54, 1.807) is 27.9 Å². The molecule has 3 rings (SSSR count). The van der Waals surface area contributed by atoms with Crippen molar-refractivity contribution in [1.82, 2.24) is 14.7 Å². The smallest absolute Gasteiger partial charge is 0.313 e. The lowest BCUT2D eigenvalue weighted by Crippen LogP contribution is -2.52. The summed E-state index contributed by atoms with van der Waals surface area (Å²) in [6.45, 7) is 2.78. The van der Waals surface area contributed by atoms with Crippen molar-refractivity contribution in [3.05, 3.63) is 47.8 Å². The fraction of sp³-hybridized carbons (Fsp3) is 0.421. The minimum Gasteiger partial charge on any atom is -0.481 e. The molecule has 2 aromatic rings. The Morgan fingerprint density at radius 2 is 2.04 bits per heavy atom. The molecule has 1 aliphatic rings. The van der Waals surface area contributed by atoms with Gasteiger partial charge in [-0.05, 0) is 49.6 Å². The molecule has 1 amide bonds. The second kappa shape index (κ2) is 7.29. The first-order chi connectivity index (χ1) is 12.4. The van der Waals surface area contributed by atoms with Crippen molar-refractivity contribution in [3.63, 3.8) is 0 Å². The standard InChI is InChI=1S/C19H23N3O4/c1-14-10-20-22(11-14)16-6-4-15(5-7-16)17(23)21-9-3-8-19(12-21,13-26-2)18(24)25/h4-7,10-11H,3,8-9,12-13H2,1-2H3,(H,24,25). The molecule has 2 heterocycles. The SMILES string of the molecule is COCC1(C(=O)O)CCCN(C(=O)c2ccc(-n3cc(C)cn3)cc2)C1. The van der Waals surface area contributed by atoms with Gasteiger partial charge in [-0.15, -0.1) is 0 Å². The highest BCUT2D eigenvalue weighted by Crippen LogP contribution is 2.31. The van der Waals surface area contributed by atoms with Gasteiger partial charge in [-0.2, -0.15) is 5.10 Å². The maximum atomic E-state index is 12.8. The normalized spacial score (nSPS) is 20.2. The topological polar surface area (TPSA) is 84.7 Å². The van der Waals surface area contributed by atoms with Gasteiger partial charge in [-0.3, -0.25) is 9.59 Å². The Hall–Kier alpha value is -2.67. The number of amides is 1. The maximum absolute atomic E-state index is 12.8. The lowest BCUT2D eigenvalue weighted by atomic mass is 9.80. The molecule has 1 aliphatic heterocycles. The number of carboxylic acid groups (broad SMARTS) is 1. The molecule has 0 bridgehead atoms. The molecule has 1 fully saturated rings. The number of ether oxygens (including phenoxy) is 1. The molecule has 7 heteroatoms. The van der Waals surface area contributed by atoms with Crippen LogP contribution in [0, 0.1) is 12.3 Å². The number of benzene rings is 1. The zero-order valence-electron chi connectivity index (χ0n) is 15.0. The number of piperidine rings is 1. The van der Waals surface area contributed by atoms with Crippen molar-refractivity contribution in [2.75, 3.05) is 26.8 Å². The zero-order valence-corrected chi connectivity index (χ0v) is 15.0. The highest BCUT2D eigenvalue weighted by Gasteiger charge is 2.43. The van der Waals surface area contributed by atoms with E-state index in [9.17, 15) is 14.7 Å². The number of likely N-dealkylation sites (tertiary alicyclic amines) is 1. The van der Waals surface area contributed by atoms with E-state index < -0.39 is 11.4 Å². The molecule has 1 unspecified atom stereocenters. The van der Waals surface area contributed by atoms with Crippen molar-refractivity contribution >= 4 is 11.9 Å². The Bertz CT molecular complexity index is 795. The number of aromatic nitrogens is 2. The van der Waals surface area contributed by atoms with Gasteiger partial charge in [-0.25, -0.2) is 4.68 Å². The molecule has 0 spiro atoms. The Morgan fingerprint density at radius 1 is 1.31 bits per heavy atom. The molecule has 7 nitrogen and oxygen atoms in total. The molecule has 0 aliphatic carbocycles. The van der Waals surface area contributed by atoms with Crippen molar-refractivity contribution in [1.29, 1.82) is 0 Å². The molecule has 1 atom stereocenters. The lowest BCUT2D eigenvalue weighted by molar-refractivity contribution is -0.155. The Kier molecular flexibility index (Phi) is 5.08. The second-order valence-corrected chi connectivity index (χ2v) is 6.86. The Labute approximate surface area is 152 Å². The van der Waals surface area contributed by atoms with Gasteiger partial charge in [0.2, 0.25) is 0 Å². The quantitative estimate of drug-likeness (QED) is 0.886. The van der Waals surface area contributed by atoms with Crippen LogP contribution in [0.15, 0.2) is 36.7 Å². The van der Waals surface area contributed by atoms with Crippen molar-refractivity contribution in [2.24, 2.45) is 5.41 Å². The van der Waals surface area contributed by atoms with E-state index in [2.05, 4.69) is 5.10 Å². The number of hydrogen-bond acceptors (Lipinski definition) is 4. The predicted molar refractivity (Wildman–Crippen MR) is 95.4 cm³/mol. The third-order valence-electron chi connectivity index (χ3n) is 4.83. The maximum Gasteiger partial charge on any atom is 0.313 e. The third kappa shape index (κ3) is 3.48. The van der Waals surface area contributed by atoms with Crippen LogP contribution in [0.1, 0.15) is 28.8 Å². The van der Waals surface area contributed by atoms with E-state index in [4.69, 9.17) is 4.74 Å². The Morgan fingerprint density at radius 3 is 2.62 bits per heavy atom. The first-order valence-electron chi connectivity index (χ1n) is 8.58. The van der Waals surface area contributed by atoms with Crippen LogP contribution in [-0.4, -0.2) is 58.5 Å². The minimum absolute atomic E-state index is 0.101. The number of aliphatic carboxylic acids is 1. The summed E-state index contributed by atoms with van der Waals surface area (Å²) in [5.41, 5.74) is 1.43. The van der Waals surface area contributed by atoms with Crippen LogP contribution in [0.5, 0.6) is 0 Å². The summed E-state index contributed by atoms with van der Waals surface area (Å²) in [5.74, 6) is -1.07. The van der Waals surface area contributed by atoms with Crippen LogP contribution in [0.3, 0.4) is 0 Å². The van der Waals surface area contributed by atoms with Gasteiger partial charge in [0, 0.05) is 32.0 Å². The van der Waals surface area contributed by atoms with Gasteiger partial charge in [0.15, 0.2) is 0 Å². The van der Waals surface area contributed by atoms with Crippen molar-refractivity contribution in [3.8, 4) is 5.69 Å². The molecule has 1 aromatic carbocycles. The third-order valence-corrected chi connectivity index (χ3v) is 4.83. The van der Waals surface area contributed by atoms with E-state index in [0.717, 1.165) is 11.3 Å². The van der Waals surface area contributed by atoms with Gasteiger partial charge < -0.3 is 14.7 Å². The zero-order chi connectivity index (χ0) is 18.7. The number of hydrogen-bond donors (Lipinski definition) is 1. The number of aryl methyl sites for hydroxylation is 1. The lowest BCUT2D eigenvalue weighted by Gasteiger charge is -2.39. The highest BCUT2D eigenvalue weighted by molar-refractivity contribution is 5.95. The number of nitrogens with zero attached hydrogens (tertiary/aromatic N) is 3. The van der Waals surface area contributed by atoms with E-state index in [-0.39, 0.29) is 19.1 Å². The molecule has 1 aromatic heterocycles. The van der Waals surface area contributed by atoms with Gasteiger partial charge in [0.25, 0.3) is 5.91 Å². The molecule has 0 saturated carbocycles. The van der Waals surface area contributed by atoms with E-state index in [0.29, 0.717) is 24.9 Å². The van der Waals surface area contributed by atoms with Crippen molar-refractivity contribution in [2.45, 2.75) is 19.8 Å². The van der Waals surface area contributed by atoms with Gasteiger partial charge >= 0.3 is 5.97 Å². The molecule has 26 heavy (non-hydrogen) atoms. The predicted octanol–water partition coefficient (Wildman–Crippen LogP) is 2.13. The molecule has 138 valence electrons. The molecule has 1 saturated heterocycles. The van der Waals surface area contributed by atoms with Crippen molar-refractivity contribution < 1.29 is 19.4 Å². The number of rotatable bonds is 5. The number of carboxylic acids is 1. The van der Waals surface area contributed by atoms with E-state index >= 15 is 0 Å². The summed E-state index contributed by atoms with van der Waals surface area (Å²) in [5, 5.41) is 13.9.